The third kappa shape index (κ3) is 3.76. The van der Waals surface area contributed by atoms with E-state index in [9.17, 15) is 8.42 Å². The van der Waals surface area contributed by atoms with Crippen molar-refractivity contribution in [2.75, 3.05) is 18.8 Å². The van der Waals surface area contributed by atoms with Gasteiger partial charge in [-0.25, -0.2) is 8.42 Å². The van der Waals surface area contributed by atoms with E-state index in [2.05, 4.69) is 13.8 Å². The Kier molecular flexibility index (Phi) is 5.29. The van der Waals surface area contributed by atoms with Crippen LogP contribution in [0.15, 0.2) is 23.1 Å². The number of aryl methyl sites for hydroxylation is 1. The van der Waals surface area contributed by atoms with Gasteiger partial charge >= 0.3 is 0 Å². The third-order valence-electron chi connectivity index (χ3n) is 3.68. The molecule has 3 nitrogen and oxygen atoms in total. The van der Waals surface area contributed by atoms with E-state index in [-0.39, 0.29) is 4.75 Å². The van der Waals surface area contributed by atoms with Crippen molar-refractivity contribution in [3.8, 4) is 0 Å². The van der Waals surface area contributed by atoms with Crippen LogP contribution in [0.5, 0.6) is 0 Å². The van der Waals surface area contributed by atoms with Gasteiger partial charge in [-0.3, -0.25) is 0 Å². The molecule has 1 aromatic rings. The van der Waals surface area contributed by atoms with Crippen LogP contribution in [0.3, 0.4) is 0 Å². The molecule has 2 rings (SSSR count). The Morgan fingerprint density at radius 1 is 1.38 bits per heavy atom. The lowest BCUT2D eigenvalue weighted by molar-refractivity contribution is 0.387. The Morgan fingerprint density at radius 2 is 2.10 bits per heavy atom. The van der Waals surface area contributed by atoms with Crippen LogP contribution in [0.4, 0.5) is 0 Å². The molecule has 1 saturated heterocycles. The van der Waals surface area contributed by atoms with Crippen LogP contribution in [-0.2, 0) is 22.3 Å². The maximum atomic E-state index is 13.0. The summed E-state index contributed by atoms with van der Waals surface area (Å²) >= 11 is 7.69. The second-order valence-electron chi connectivity index (χ2n) is 5.88. The number of thioether (sulfide) groups is 1. The molecule has 0 bridgehead atoms. The van der Waals surface area contributed by atoms with E-state index in [1.807, 2.05) is 30.8 Å². The van der Waals surface area contributed by atoms with E-state index in [1.165, 1.54) is 0 Å². The molecular formula is C15H22ClNO2S2. The first kappa shape index (κ1) is 17.1. The lowest BCUT2D eigenvalue weighted by atomic mass is 10.1. The van der Waals surface area contributed by atoms with Crippen LogP contribution in [-0.4, -0.2) is 36.3 Å². The number of benzene rings is 1. The lowest BCUT2D eigenvalue weighted by Gasteiger charge is -2.37. The van der Waals surface area contributed by atoms with Gasteiger partial charge in [-0.05, 0) is 37.5 Å². The summed E-state index contributed by atoms with van der Waals surface area (Å²) in [7, 11) is -3.45. The normalized spacial score (nSPS) is 19.6. The second-order valence-corrected chi connectivity index (χ2v) is 9.85. The molecule has 0 spiro atoms. The predicted octanol–water partition coefficient (Wildman–Crippen LogP) is 3.50. The van der Waals surface area contributed by atoms with Crippen LogP contribution in [0.2, 0.25) is 0 Å². The molecule has 1 aliphatic heterocycles. The standard InChI is InChI=1S/C15H22ClNO2S2/c1-4-13-6-5-12(10-16)9-14(13)21(18,19)17-7-8-20-15(2,3)11-17/h5-6,9H,4,7-8,10-11H2,1-3H3. The van der Waals surface area contributed by atoms with Crippen molar-refractivity contribution in [1.82, 2.24) is 4.31 Å². The van der Waals surface area contributed by atoms with Crippen LogP contribution in [0.25, 0.3) is 0 Å². The van der Waals surface area contributed by atoms with Gasteiger partial charge in [0, 0.05) is 29.5 Å². The van der Waals surface area contributed by atoms with E-state index in [4.69, 9.17) is 11.6 Å². The SMILES string of the molecule is CCc1ccc(CCl)cc1S(=O)(=O)N1CCSC(C)(C)C1. The highest BCUT2D eigenvalue weighted by Crippen LogP contribution is 2.33. The average Bonchev–Trinajstić information content (AvgIpc) is 2.45. The number of hydrogen-bond donors (Lipinski definition) is 0. The van der Waals surface area contributed by atoms with E-state index in [0.717, 1.165) is 16.9 Å². The van der Waals surface area contributed by atoms with E-state index in [0.29, 0.717) is 30.3 Å². The Hall–Kier alpha value is -0.230. The fraction of sp³-hybridized carbons (Fsp3) is 0.600. The highest BCUT2D eigenvalue weighted by Gasteiger charge is 2.35. The molecule has 118 valence electrons. The van der Waals surface area contributed by atoms with Gasteiger partial charge in [0.2, 0.25) is 10.0 Å². The van der Waals surface area contributed by atoms with Gasteiger partial charge in [0.25, 0.3) is 0 Å². The summed E-state index contributed by atoms with van der Waals surface area (Å²) in [4.78, 5) is 0.422. The summed E-state index contributed by atoms with van der Waals surface area (Å²) in [5.41, 5.74) is 1.71. The average molecular weight is 348 g/mol. The minimum atomic E-state index is -3.45. The number of nitrogens with zero attached hydrogens (tertiary/aromatic N) is 1. The molecule has 21 heavy (non-hydrogen) atoms. The highest BCUT2D eigenvalue weighted by molar-refractivity contribution is 8.00. The fourth-order valence-electron chi connectivity index (χ4n) is 2.53. The van der Waals surface area contributed by atoms with Crippen LogP contribution < -0.4 is 0 Å². The Morgan fingerprint density at radius 3 is 2.67 bits per heavy atom. The monoisotopic (exact) mass is 347 g/mol. The van der Waals surface area contributed by atoms with E-state index in [1.54, 1.807) is 10.4 Å². The van der Waals surface area contributed by atoms with Crippen molar-refractivity contribution in [1.29, 1.82) is 0 Å². The maximum absolute atomic E-state index is 13.0. The van der Waals surface area contributed by atoms with Gasteiger partial charge in [-0.15, -0.1) is 11.6 Å². The molecule has 0 amide bonds. The van der Waals surface area contributed by atoms with Gasteiger partial charge in [0.15, 0.2) is 0 Å². The van der Waals surface area contributed by atoms with Crippen LogP contribution in [0, 0.1) is 0 Å². The van der Waals surface area contributed by atoms with E-state index >= 15 is 0 Å². The highest BCUT2D eigenvalue weighted by atomic mass is 35.5. The van der Waals surface area contributed by atoms with Crippen molar-refractivity contribution in [2.24, 2.45) is 0 Å². The zero-order chi connectivity index (χ0) is 15.7. The van der Waals surface area contributed by atoms with Crippen molar-refractivity contribution in [3.63, 3.8) is 0 Å². The Labute approximate surface area is 137 Å². The number of hydrogen-bond acceptors (Lipinski definition) is 3. The fourth-order valence-corrected chi connectivity index (χ4v) is 5.95. The molecular weight excluding hydrogens is 326 g/mol. The first-order valence-corrected chi connectivity index (χ1v) is 10.1. The van der Waals surface area contributed by atoms with Gasteiger partial charge in [-0.1, -0.05) is 19.1 Å². The summed E-state index contributed by atoms with van der Waals surface area (Å²) in [6.07, 6.45) is 0.698. The molecule has 0 radical (unpaired) electrons. The number of sulfonamides is 1. The molecule has 1 aliphatic rings. The third-order valence-corrected chi connectivity index (χ3v) is 7.21. The van der Waals surface area contributed by atoms with Crippen molar-refractivity contribution < 1.29 is 8.42 Å². The lowest BCUT2D eigenvalue weighted by Crippen LogP contribution is -2.46. The molecule has 0 aromatic heterocycles. The van der Waals surface area contributed by atoms with E-state index < -0.39 is 10.0 Å². The summed E-state index contributed by atoms with van der Waals surface area (Å²) in [5.74, 6) is 1.16. The quantitative estimate of drug-likeness (QED) is 0.782. The van der Waals surface area contributed by atoms with Crippen LogP contribution >= 0.6 is 23.4 Å². The van der Waals surface area contributed by atoms with Crippen molar-refractivity contribution in [3.05, 3.63) is 29.3 Å². The van der Waals surface area contributed by atoms with Gasteiger partial charge in [0.1, 0.15) is 0 Å². The van der Waals surface area contributed by atoms with Gasteiger partial charge in [0.05, 0.1) is 4.90 Å². The molecule has 0 unspecified atom stereocenters. The summed E-state index contributed by atoms with van der Waals surface area (Å²) < 4.78 is 27.6. The molecule has 0 aliphatic carbocycles. The summed E-state index contributed by atoms with van der Waals surface area (Å²) in [6, 6.07) is 5.52. The zero-order valence-electron chi connectivity index (χ0n) is 12.7. The van der Waals surface area contributed by atoms with Crippen molar-refractivity contribution in [2.45, 2.75) is 42.7 Å². The molecule has 1 aromatic carbocycles. The number of alkyl halides is 1. The topological polar surface area (TPSA) is 37.4 Å². The maximum Gasteiger partial charge on any atom is 0.243 e. The number of halogens is 1. The summed E-state index contributed by atoms with van der Waals surface area (Å²) in [5, 5.41) is 0. The van der Waals surface area contributed by atoms with Gasteiger partial charge in [-0.2, -0.15) is 16.1 Å². The minimum Gasteiger partial charge on any atom is -0.207 e. The molecule has 0 saturated carbocycles. The Balaban J connectivity index is 2.43. The first-order valence-electron chi connectivity index (χ1n) is 7.12. The molecule has 1 heterocycles. The molecule has 0 atom stereocenters. The van der Waals surface area contributed by atoms with Crippen molar-refractivity contribution >= 4 is 33.4 Å². The molecule has 1 fully saturated rings. The second kappa shape index (κ2) is 6.49. The minimum absolute atomic E-state index is 0.0399. The molecule has 6 heteroatoms. The largest absolute Gasteiger partial charge is 0.243 e. The van der Waals surface area contributed by atoms with Gasteiger partial charge < -0.3 is 0 Å². The Bertz CT molecular complexity index is 614. The predicted molar refractivity (Wildman–Crippen MR) is 90.7 cm³/mol. The molecule has 0 N–H and O–H groups in total. The smallest absolute Gasteiger partial charge is 0.207 e. The van der Waals surface area contributed by atoms with Crippen LogP contribution in [0.1, 0.15) is 31.9 Å². The zero-order valence-corrected chi connectivity index (χ0v) is 15.1. The summed E-state index contributed by atoms with van der Waals surface area (Å²) in [6.45, 7) is 7.29. The number of rotatable bonds is 4. The first-order chi connectivity index (χ1) is 9.80.